The quantitative estimate of drug-likeness (QED) is 0.444. The monoisotopic (exact) mass is 318 g/mol. The van der Waals surface area contributed by atoms with E-state index in [0.717, 1.165) is 42.5 Å². The first kappa shape index (κ1) is 17.0. The van der Waals surface area contributed by atoms with Crippen LogP contribution in [0.4, 0.5) is 0 Å². The van der Waals surface area contributed by atoms with Crippen LogP contribution in [0.5, 0.6) is 5.75 Å². The summed E-state index contributed by atoms with van der Waals surface area (Å²) in [6.45, 7) is 7.26. The normalized spacial score (nSPS) is 11.1. The van der Waals surface area contributed by atoms with E-state index in [1.54, 1.807) is 12.1 Å². The molecule has 0 aliphatic carbocycles. The highest BCUT2D eigenvalue weighted by atomic mass is 16.5. The van der Waals surface area contributed by atoms with Crippen molar-refractivity contribution in [3.05, 3.63) is 30.0 Å². The van der Waals surface area contributed by atoms with Gasteiger partial charge in [-0.2, -0.15) is 0 Å². The van der Waals surface area contributed by atoms with E-state index < -0.39 is 18.4 Å². The minimum absolute atomic E-state index is 0.364. The minimum Gasteiger partial charge on any atom is -0.481 e. The van der Waals surface area contributed by atoms with Crippen LogP contribution in [0.1, 0.15) is 25.8 Å². The molecular formula is C17H22N2O4. The van der Waals surface area contributed by atoms with Crippen molar-refractivity contribution in [1.29, 1.82) is 0 Å². The molecule has 6 nitrogen and oxygen atoms in total. The van der Waals surface area contributed by atoms with Crippen LogP contribution in [0.3, 0.4) is 0 Å². The first-order valence-electron chi connectivity index (χ1n) is 7.79. The highest BCUT2D eigenvalue weighted by Gasteiger charge is 2.14. The van der Waals surface area contributed by atoms with Crippen LogP contribution < -0.4 is 4.74 Å². The predicted octanol–water partition coefficient (Wildman–Crippen LogP) is 2.43. The Hall–Kier alpha value is -2.34. The molecule has 6 heteroatoms. The number of carboxylic acid groups (broad SMARTS) is 1. The third-order valence-electron chi connectivity index (χ3n) is 3.87. The average Bonchev–Trinajstić information content (AvgIpc) is 2.92. The van der Waals surface area contributed by atoms with Crippen molar-refractivity contribution in [3.8, 4) is 5.75 Å². The lowest BCUT2D eigenvalue weighted by molar-refractivity contribution is -0.145. The number of para-hydroxylation sites is 1. The largest absolute Gasteiger partial charge is 0.481 e. The number of nitrogens with zero attached hydrogens (tertiary/aromatic N) is 1. The molecule has 0 atom stereocenters. The van der Waals surface area contributed by atoms with Crippen LogP contribution in [0.25, 0.3) is 10.9 Å². The van der Waals surface area contributed by atoms with Gasteiger partial charge in [-0.25, -0.2) is 0 Å². The van der Waals surface area contributed by atoms with Crippen molar-refractivity contribution in [1.82, 2.24) is 9.88 Å². The van der Waals surface area contributed by atoms with Crippen LogP contribution in [0.15, 0.2) is 24.4 Å². The van der Waals surface area contributed by atoms with E-state index in [4.69, 9.17) is 9.84 Å². The summed E-state index contributed by atoms with van der Waals surface area (Å²) in [7, 11) is 0. The van der Waals surface area contributed by atoms with Gasteiger partial charge in [0.1, 0.15) is 6.42 Å². The first-order valence-corrected chi connectivity index (χ1v) is 7.79. The molecule has 1 heterocycles. The number of carbonyl (C=O) groups excluding carboxylic acids is 1. The molecule has 23 heavy (non-hydrogen) atoms. The fourth-order valence-electron chi connectivity index (χ4n) is 2.58. The van der Waals surface area contributed by atoms with E-state index >= 15 is 0 Å². The number of esters is 1. The summed E-state index contributed by atoms with van der Waals surface area (Å²) in [6.07, 6.45) is 2.17. The van der Waals surface area contributed by atoms with E-state index in [1.807, 2.05) is 12.3 Å². The number of aromatic nitrogens is 1. The van der Waals surface area contributed by atoms with Gasteiger partial charge in [-0.15, -0.1) is 0 Å². The summed E-state index contributed by atoms with van der Waals surface area (Å²) in [4.78, 5) is 27.6. The Kier molecular flexibility index (Phi) is 5.76. The SMILES string of the molecule is CCN(CC)CCc1c[nH]c2c(OC(=O)CC(=O)O)cccc12. The number of benzene rings is 1. The van der Waals surface area contributed by atoms with Gasteiger partial charge in [0.2, 0.25) is 0 Å². The zero-order valence-electron chi connectivity index (χ0n) is 13.5. The first-order chi connectivity index (χ1) is 11.0. The number of carbonyl (C=O) groups is 2. The fourth-order valence-corrected chi connectivity index (χ4v) is 2.58. The maximum atomic E-state index is 11.5. The van der Waals surface area contributed by atoms with Crippen LogP contribution >= 0.6 is 0 Å². The summed E-state index contributed by atoms with van der Waals surface area (Å²) in [6, 6.07) is 5.44. The molecule has 0 saturated carbocycles. The summed E-state index contributed by atoms with van der Waals surface area (Å²) in [5, 5.41) is 9.63. The second-order valence-corrected chi connectivity index (χ2v) is 5.31. The maximum Gasteiger partial charge on any atom is 0.322 e. The highest BCUT2D eigenvalue weighted by Crippen LogP contribution is 2.28. The van der Waals surface area contributed by atoms with Gasteiger partial charge in [0.25, 0.3) is 0 Å². The molecule has 0 radical (unpaired) electrons. The number of hydrogen-bond acceptors (Lipinski definition) is 4. The van der Waals surface area contributed by atoms with Gasteiger partial charge in [-0.1, -0.05) is 26.0 Å². The van der Waals surface area contributed by atoms with E-state index in [-0.39, 0.29) is 0 Å². The molecular weight excluding hydrogens is 296 g/mol. The van der Waals surface area contributed by atoms with Crippen molar-refractivity contribution in [2.75, 3.05) is 19.6 Å². The molecule has 124 valence electrons. The van der Waals surface area contributed by atoms with Crippen molar-refractivity contribution in [3.63, 3.8) is 0 Å². The van der Waals surface area contributed by atoms with Gasteiger partial charge in [-0.3, -0.25) is 9.59 Å². The molecule has 0 aliphatic rings. The maximum absolute atomic E-state index is 11.5. The van der Waals surface area contributed by atoms with E-state index in [9.17, 15) is 9.59 Å². The van der Waals surface area contributed by atoms with Crippen LogP contribution in [-0.4, -0.2) is 46.6 Å². The van der Waals surface area contributed by atoms with Crippen molar-refractivity contribution in [2.45, 2.75) is 26.7 Å². The Labute approximate surface area is 135 Å². The van der Waals surface area contributed by atoms with Gasteiger partial charge in [0, 0.05) is 18.1 Å². The molecule has 0 unspecified atom stereocenters. The number of aliphatic carboxylic acids is 1. The standard InChI is InChI=1S/C17H22N2O4/c1-3-19(4-2)9-8-12-11-18-17-13(12)6-5-7-14(17)23-16(22)10-15(20)21/h5-7,11,18H,3-4,8-10H2,1-2H3,(H,20,21). The number of likely N-dealkylation sites (N-methyl/N-ethyl adjacent to an activating group) is 1. The number of hydrogen-bond donors (Lipinski definition) is 2. The van der Waals surface area contributed by atoms with Crippen molar-refractivity contribution in [2.24, 2.45) is 0 Å². The summed E-state index contributed by atoms with van der Waals surface area (Å²) < 4.78 is 5.16. The Bertz CT molecular complexity index is 689. The van der Waals surface area contributed by atoms with Gasteiger partial charge in [0.05, 0.1) is 5.52 Å². The molecule has 2 aromatic rings. The molecule has 0 amide bonds. The Morgan fingerprint density at radius 2 is 2.00 bits per heavy atom. The molecule has 1 aromatic heterocycles. The van der Waals surface area contributed by atoms with Crippen LogP contribution in [-0.2, 0) is 16.0 Å². The fraction of sp³-hybridized carbons (Fsp3) is 0.412. The Balaban J connectivity index is 2.16. The molecule has 2 rings (SSSR count). The Morgan fingerprint density at radius 3 is 2.65 bits per heavy atom. The summed E-state index contributed by atoms with van der Waals surface area (Å²) >= 11 is 0. The number of carboxylic acids is 1. The average molecular weight is 318 g/mol. The third-order valence-corrected chi connectivity index (χ3v) is 3.87. The van der Waals surface area contributed by atoms with Crippen molar-refractivity contribution < 1.29 is 19.4 Å². The number of rotatable bonds is 8. The molecule has 2 N–H and O–H groups in total. The van der Waals surface area contributed by atoms with E-state index in [1.165, 1.54) is 0 Å². The van der Waals surface area contributed by atoms with Crippen molar-refractivity contribution >= 4 is 22.8 Å². The molecule has 0 bridgehead atoms. The van der Waals surface area contributed by atoms with Gasteiger partial charge in [-0.05, 0) is 31.1 Å². The Morgan fingerprint density at radius 1 is 1.26 bits per heavy atom. The number of ether oxygens (including phenoxy) is 1. The van der Waals surface area contributed by atoms with Gasteiger partial charge in [0.15, 0.2) is 5.75 Å². The minimum atomic E-state index is -1.20. The molecule has 0 fully saturated rings. The van der Waals surface area contributed by atoms with Gasteiger partial charge >= 0.3 is 11.9 Å². The predicted molar refractivity (Wildman–Crippen MR) is 87.7 cm³/mol. The zero-order valence-corrected chi connectivity index (χ0v) is 13.5. The number of fused-ring (bicyclic) bond motifs is 1. The molecule has 0 spiro atoms. The summed E-state index contributed by atoms with van der Waals surface area (Å²) in [5.41, 5.74) is 1.88. The second-order valence-electron chi connectivity index (χ2n) is 5.31. The molecule has 0 saturated heterocycles. The lowest BCUT2D eigenvalue weighted by Crippen LogP contribution is -2.25. The smallest absolute Gasteiger partial charge is 0.322 e. The lowest BCUT2D eigenvalue weighted by Gasteiger charge is -2.17. The van der Waals surface area contributed by atoms with Crippen LogP contribution in [0, 0.1) is 0 Å². The highest BCUT2D eigenvalue weighted by molar-refractivity contribution is 5.94. The van der Waals surface area contributed by atoms with Crippen LogP contribution in [0.2, 0.25) is 0 Å². The molecule has 0 aliphatic heterocycles. The number of H-pyrrole nitrogens is 1. The summed E-state index contributed by atoms with van der Waals surface area (Å²) in [5.74, 6) is -1.61. The van der Waals surface area contributed by atoms with E-state index in [2.05, 4.69) is 23.7 Å². The third kappa shape index (κ3) is 4.32. The molecule has 1 aromatic carbocycles. The lowest BCUT2D eigenvalue weighted by atomic mass is 10.1. The number of nitrogens with one attached hydrogen (secondary N) is 1. The number of aromatic amines is 1. The van der Waals surface area contributed by atoms with E-state index in [0.29, 0.717) is 5.75 Å². The second kappa shape index (κ2) is 7.78. The van der Waals surface area contributed by atoms with Gasteiger partial charge < -0.3 is 19.7 Å². The zero-order chi connectivity index (χ0) is 16.8. The topological polar surface area (TPSA) is 82.6 Å².